The quantitative estimate of drug-likeness (QED) is 0.152. The summed E-state index contributed by atoms with van der Waals surface area (Å²) in [6, 6.07) is 90.2. The molecule has 0 N–H and O–H groups in total. The molecule has 12 rings (SSSR count). The normalized spacial score (nSPS) is 12.6. The van der Waals surface area contributed by atoms with E-state index in [4.69, 9.17) is 4.42 Å². The van der Waals surface area contributed by atoms with E-state index in [0.717, 1.165) is 50.1 Å². The Labute approximate surface area is 367 Å². The van der Waals surface area contributed by atoms with Crippen molar-refractivity contribution in [3.63, 3.8) is 0 Å². The molecular weight excluding hydrogens is 763 g/mol. The first kappa shape index (κ1) is 36.6. The molecule has 0 fully saturated rings. The van der Waals surface area contributed by atoms with Gasteiger partial charge in [-0.15, -0.1) is 0 Å². The Balaban J connectivity index is 1.01. The fraction of sp³-hybridized carbons (Fsp3) is 0.0164. The van der Waals surface area contributed by atoms with Gasteiger partial charge in [0.25, 0.3) is 0 Å². The van der Waals surface area contributed by atoms with Crippen molar-refractivity contribution in [2.24, 2.45) is 0 Å². The highest BCUT2D eigenvalue weighted by molar-refractivity contribution is 6.09. The van der Waals surface area contributed by atoms with Crippen LogP contribution in [0.2, 0.25) is 0 Å². The number of furan rings is 1. The third kappa shape index (κ3) is 6.02. The number of hydrogen-bond acceptors (Lipinski definition) is 2. The molecule has 11 aromatic rings. The molecule has 2 nitrogen and oxygen atoms in total. The lowest BCUT2D eigenvalue weighted by Crippen LogP contribution is -2.28. The summed E-state index contributed by atoms with van der Waals surface area (Å²) in [7, 11) is 0. The van der Waals surface area contributed by atoms with Gasteiger partial charge in [-0.1, -0.05) is 206 Å². The van der Waals surface area contributed by atoms with E-state index in [1.807, 2.05) is 12.1 Å². The van der Waals surface area contributed by atoms with Gasteiger partial charge < -0.3 is 9.32 Å². The maximum Gasteiger partial charge on any atom is 0.143 e. The van der Waals surface area contributed by atoms with Crippen molar-refractivity contribution in [1.82, 2.24) is 0 Å². The van der Waals surface area contributed by atoms with Gasteiger partial charge in [-0.3, -0.25) is 0 Å². The molecule has 296 valence electrons. The minimum absolute atomic E-state index is 0.513. The minimum atomic E-state index is -0.513. The third-order valence-corrected chi connectivity index (χ3v) is 13.0. The Morgan fingerprint density at radius 2 is 0.762 bits per heavy atom. The van der Waals surface area contributed by atoms with Crippen LogP contribution >= 0.6 is 0 Å². The fourth-order valence-electron chi connectivity index (χ4n) is 10.1. The van der Waals surface area contributed by atoms with Crippen LogP contribution in [0.5, 0.6) is 0 Å². The Morgan fingerprint density at radius 3 is 1.41 bits per heavy atom. The first-order valence-electron chi connectivity index (χ1n) is 21.7. The number of para-hydroxylation sites is 2. The highest BCUT2D eigenvalue weighted by Crippen LogP contribution is 2.57. The van der Waals surface area contributed by atoms with Gasteiger partial charge >= 0.3 is 0 Å². The van der Waals surface area contributed by atoms with Gasteiger partial charge in [0.15, 0.2) is 0 Å². The van der Waals surface area contributed by atoms with Crippen LogP contribution in [0.15, 0.2) is 253 Å². The van der Waals surface area contributed by atoms with E-state index in [9.17, 15) is 0 Å². The average Bonchev–Trinajstić information content (AvgIpc) is 3.89. The molecule has 63 heavy (non-hydrogen) atoms. The second kappa shape index (κ2) is 15.1. The zero-order valence-corrected chi connectivity index (χ0v) is 34.5. The van der Waals surface area contributed by atoms with E-state index in [1.165, 1.54) is 55.6 Å². The molecule has 1 heterocycles. The molecule has 0 saturated carbocycles. The van der Waals surface area contributed by atoms with E-state index in [-0.39, 0.29) is 0 Å². The summed E-state index contributed by atoms with van der Waals surface area (Å²) in [6.45, 7) is 0. The summed E-state index contributed by atoms with van der Waals surface area (Å²) in [5.41, 5.74) is 19.1. The van der Waals surface area contributed by atoms with Crippen molar-refractivity contribution in [1.29, 1.82) is 0 Å². The molecule has 0 spiro atoms. The van der Waals surface area contributed by atoms with E-state index >= 15 is 0 Å². The Bertz CT molecular complexity index is 3370. The highest BCUT2D eigenvalue weighted by Gasteiger charge is 2.46. The lowest BCUT2D eigenvalue weighted by Gasteiger charge is -2.35. The first-order valence-corrected chi connectivity index (χ1v) is 21.7. The van der Waals surface area contributed by atoms with E-state index in [1.54, 1.807) is 0 Å². The molecule has 0 bridgehead atoms. The summed E-state index contributed by atoms with van der Waals surface area (Å²) in [4.78, 5) is 2.40. The SMILES string of the molecule is c1ccc(-c2ccc(-c3ccc(N(c4ccc(-c5cccc6c5oc5ccccc56)cc4)c4ccc5c(c4)C(c4ccccc4)(c4ccccc4)c4ccccc4-5)cc3)cc2)cc1. The van der Waals surface area contributed by atoms with Crippen LogP contribution in [0.25, 0.3) is 66.4 Å². The van der Waals surface area contributed by atoms with E-state index in [2.05, 4.69) is 241 Å². The maximum atomic E-state index is 6.48. The van der Waals surface area contributed by atoms with Crippen LogP contribution in [0, 0.1) is 0 Å². The zero-order valence-electron chi connectivity index (χ0n) is 34.5. The van der Waals surface area contributed by atoms with Crippen LogP contribution in [0.4, 0.5) is 17.1 Å². The van der Waals surface area contributed by atoms with Crippen LogP contribution in [-0.2, 0) is 5.41 Å². The first-order chi connectivity index (χ1) is 31.2. The number of anilines is 3. The topological polar surface area (TPSA) is 16.4 Å². The summed E-state index contributed by atoms with van der Waals surface area (Å²) in [5.74, 6) is 0. The van der Waals surface area contributed by atoms with Gasteiger partial charge in [0, 0.05) is 33.4 Å². The number of hydrogen-bond donors (Lipinski definition) is 0. The molecule has 10 aromatic carbocycles. The van der Waals surface area contributed by atoms with Crippen molar-refractivity contribution in [3.05, 3.63) is 271 Å². The summed E-state index contributed by atoms with van der Waals surface area (Å²) >= 11 is 0. The molecule has 1 aromatic heterocycles. The molecule has 0 unspecified atom stereocenters. The second-order valence-corrected chi connectivity index (χ2v) is 16.4. The molecule has 2 heteroatoms. The van der Waals surface area contributed by atoms with Crippen LogP contribution in [0.1, 0.15) is 22.3 Å². The van der Waals surface area contributed by atoms with Crippen molar-refractivity contribution >= 4 is 39.0 Å². The lowest BCUT2D eigenvalue weighted by atomic mass is 9.67. The smallest absolute Gasteiger partial charge is 0.143 e. The molecule has 1 aliphatic rings. The lowest BCUT2D eigenvalue weighted by molar-refractivity contribution is 0.670. The Kier molecular flexibility index (Phi) is 8.76. The number of rotatable bonds is 8. The van der Waals surface area contributed by atoms with Crippen molar-refractivity contribution in [2.45, 2.75) is 5.41 Å². The molecular formula is C61H41NO. The van der Waals surface area contributed by atoms with Gasteiger partial charge in [-0.2, -0.15) is 0 Å². The molecule has 0 aliphatic heterocycles. The third-order valence-electron chi connectivity index (χ3n) is 13.0. The number of benzene rings is 10. The Morgan fingerprint density at radius 1 is 0.302 bits per heavy atom. The molecule has 0 atom stereocenters. The van der Waals surface area contributed by atoms with E-state index < -0.39 is 5.41 Å². The maximum absolute atomic E-state index is 6.48. The number of fused-ring (bicyclic) bond motifs is 6. The standard InChI is InChI=1S/C61H41NO/c1-4-15-42(16-5-1)43-27-29-44(30-28-43)45-31-35-49(36-32-45)62(50-37-33-46(34-38-50)52-23-14-24-56-55-22-11-13-26-59(55)63-60(52)56)51-39-40-54-53-21-10-12-25-57(53)61(58(54)41-51,47-17-6-2-7-18-47)48-19-8-3-9-20-48/h1-41H. The summed E-state index contributed by atoms with van der Waals surface area (Å²) in [6.07, 6.45) is 0. The highest BCUT2D eigenvalue weighted by atomic mass is 16.3. The van der Waals surface area contributed by atoms with Gasteiger partial charge in [-0.05, 0) is 104 Å². The second-order valence-electron chi connectivity index (χ2n) is 16.4. The molecule has 1 aliphatic carbocycles. The van der Waals surface area contributed by atoms with Gasteiger partial charge in [0.1, 0.15) is 11.2 Å². The minimum Gasteiger partial charge on any atom is -0.455 e. The molecule has 0 amide bonds. The monoisotopic (exact) mass is 803 g/mol. The summed E-state index contributed by atoms with van der Waals surface area (Å²) < 4.78 is 6.48. The van der Waals surface area contributed by atoms with Gasteiger partial charge in [-0.25, -0.2) is 0 Å². The van der Waals surface area contributed by atoms with Crippen LogP contribution in [-0.4, -0.2) is 0 Å². The number of nitrogens with zero attached hydrogens (tertiary/aromatic N) is 1. The predicted octanol–water partition coefficient (Wildman–Crippen LogP) is 16.4. The van der Waals surface area contributed by atoms with Crippen molar-refractivity contribution < 1.29 is 4.42 Å². The molecule has 0 saturated heterocycles. The predicted molar refractivity (Wildman–Crippen MR) is 262 cm³/mol. The van der Waals surface area contributed by atoms with Gasteiger partial charge in [0.2, 0.25) is 0 Å². The van der Waals surface area contributed by atoms with E-state index in [0.29, 0.717) is 0 Å². The molecule has 0 radical (unpaired) electrons. The fourth-order valence-corrected chi connectivity index (χ4v) is 10.1. The van der Waals surface area contributed by atoms with Crippen molar-refractivity contribution in [2.75, 3.05) is 4.90 Å². The zero-order chi connectivity index (χ0) is 41.7. The Hall–Kier alpha value is -8.20. The van der Waals surface area contributed by atoms with Crippen LogP contribution < -0.4 is 4.90 Å². The van der Waals surface area contributed by atoms with Crippen molar-refractivity contribution in [3.8, 4) is 44.5 Å². The van der Waals surface area contributed by atoms with Gasteiger partial charge in [0.05, 0.1) is 5.41 Å². The summed E-state index contributed by atoms with van der Waals surface area (Å²) in [5, 5.41) is 2.26. The van der Waals surface area contributed by atoms with Crippen LogP contribution in [0.3, 0.4) is 0 Å². The largest absolute Gasteiger partial charge is 0.455 e. The average molecular weight is 804 g/mol.